The summed E-state index contributed by atoms with van der Waals surface area (Å²) in [6, 6.07) is 6.02. The lowest BCUT2D eigenvalue weighted by Crippen LogP contribution is -2.03. The molecule has 1 aromatic carbocycles. The van der Waals surface area contributed by atoms with Gasteiger partial charge in [-0.25, -0.2) is 0 Å². The van der Waals surface area contributed by atoms with Crippen molar-refractivity contribution < 1.29 is 9.84 Å². The number of hydrogen-bond donors (Lipinski definition) is 1. The zero-order valence-electron chi connectivity index (χ0n) is 11.4. The summed E-state index contributed by atoms with van der Waals surface area (Å²) in [5.74, 6) is 1.36. The van der Waals surface area contributed by atoms with Gasteiger partial charge in [0.15, 0.2) is 0 Å². The molecule has 1 aromatic rings. The second kappa shape index (κ2) is 6.65. The Balaban J connectivity index is 2.99. The minimum Gasteiger partial charge on any atom is -0.493 e. The second-order valence-electron chi connectivity index (χ2n) is 4.72. The zero-order valence-corrected chi connectivity index (χ0v) is 11.4. The average Bonchev–Trinajstić information content (AvgIpc) is 2.35. The molecule has 0 bridgehead atoms. The molecule has 1 rings (SSSR count). The van der Waals surface area contributed by atoms with Gasteiger partial charge in [0.2, 0.25) is 0 Å². The van der Waals surface area contributed by atoms with Crippen molar-refractivity contribution in [2.45, 2.75) is 52.6 Å². The third-order valence-corrected chi connectivity index (χ3v) is 2.89. The van der Waals surface area contributed by atoms with Crippen molar-refractivity contribution in [2.75, 3.05) is 6.61 Å². The van der Waals surface area contributed by atoms with Crippen molar-refractivity contribution in [2.24, 2.45) is 0 Å². The van der Waals surface area contributed by atoms with Crippen LogP contribution in [0.25, 0.3) is 0 Å². The van der Waals surface area contributed by atoms with E-state index in [0.29, 0.717) is 5.92 Å². The Morgan fingerprint density at radius 2 is 1.94 bits per heavy atom. The first-order valence-corrected chi connectivity index (χ1v) is 6.54. The average molecular weight is 236 g/mol. The number of benzene rings is 1. The predicted octanol–water partition coefficient (Wildman–Crippen LogP) is 4.04. The molecule has 0 saturated heterocycles. The lowest BCUT2D eigenvalue weighted by molar-refractivity contribution is 0.173. The van der Waals surface area contributed by atoms with E-state index < -0.39 is 0 Å². The van der Waals surface area contributed by atoms with E-state index in [1.807, 2.05) is 19.1 Å². The Labute approximate surface area is 105 Å². The van der Waals surface area contributed by atoms with Crippen LogP contribution >= 0.6 is 0 Å². The van der Waals surface area contributed by atoms with E-state index in [4.69, 9.17) is 4.74 Å². The number of rotatable bonds is 6. The lowest BCUT2D eigenvalue weighted by Gasteiger charge is -2.17. The normalized spacial score (nSPS) is 12.8. The van der Waals surface area contributed by atoms with E-state index in [1.165, 1.54) is 5.56 Å². The fourth-order valence-corrected chi connectivity index (χ4v) is 1.80. The van der Waals surface area contributed by atoms with Crippen molar-refractivity contribution in [1.29, 1.82) is 0 Å². The predicted molar refractivity (Wildman–Crippen MR) is 71.6 cm³/mol. The van der Waals surface area contributed by atoms with Crippen molar-refractivity contribution in [3.05, 3.63) is 29.3 Å². The molecule has 0 fully saturated rings. The van der Waals surface area contributed by atoms with Gasteiger partial charge in [0, 0.05) is 0 Å². The van der Waals surface area contributed by atoms with Gasteiger partial charge in [-0.3, -0.25) is 0 Å². The Morgan fingerprint density at radius 1 is 1.24 bits per heavy atom. The van der Waals surface area contributed by atoms with Crippen molar-refractivity contribution >= 4 is 0 Å². The molecule has 0 aliphatic heterocycles. The molecule has 0 spiro atoms. The van der Waals surface area contributed by atoms with Gasteiger partial charge in [-0.1, -0.05) is 33.8 Å². The van der Waals surface area contributed by atoms with Gasteiger partial charge < -0.3 is 9.84 Å². The monoisotopic (exact) mass is 236 g/mol. The first-order chi connectivity index (χ1) is 8.10. The maximum Gasteiger partial charge on any atom is 0.122 e. The highest BCUT2D eigenvalue weighted by molar-refractivity contribution is 5.40. The maximum absolute atomic E-state index is 9.86. The quantitative estimate of drug-likeness (QED) is 0.807. The van der Waals surface area contributed by atoms with Crippen LogP contribution in [-0.2, 0) is 0 Å². The van der Waals surface area contributed by atoms with E-state index in [1.54, 1.807) is 0 Å². The van der Waals surface area contributed by atoms with E-state index >= 15 is 0 Å². The fourth-order valence-electron chi connectivity index (χ4n) is 1.80. The van der Waals surface area contributed by atoms with Crippen molar-refractivity contribution in [1.82, 2.24) is 0 Å². The summed E-state index contributed by atoms with van der Waals surface area (Å²) in [6.07, 6.45) is 1.39. The Hall–Kier alpha value is -1.02. The molecule has 1 N–H and O–H groups in total. The van der Waals surface area contributed by atoms with Gasteiger partial charge in [-0.2, -0.15) is 0 Å². The maximum atomic E-state index is 9.86. The fraction of sp³-hybridized carbons (Fsp3) is 0.600. The third-order valence-electron chi connectivity index (χ3n) is 2.89. The molecule has 0 aromatic heterocycles. The van der Waals surface area contributed by atoms with Crippen LogP contribution in [0.15, 0.2) is 18.2 Å². The summed E-state index contributed by atoms with van der Waals surface area (Å²) >= 11 is 0. The molecule has 0 radical (unpaired) electrons. The van der Waals surface area contributed by atoms with Gasteiger partial charge in [0.25, 0.3) is 0 Å². The number of hydrogen-bond acceptors (Lipinski definition) is 2. The molecule has 17 heavy (non-hydrogen) atoms. The van der Waals surface area contributed by atoms with Crippen LogP contribution in [0.3, 0.4) is 0 Å². The molecule has 2 heteroatoms. The number of aliphatic hydroxyl groups excluding tert-OH is 1. The summed E-state index contributed by atoms with van der Waals surface area (Å²) in [5, 5.41) is 9.86. The van der Waals surface area contributed by atoms with Crippen LogP contribution in [0.2, 0.25) is 0 Å². The molecule has 96 valence electrons. The van der Waals surface area contributed by atoms with Crippen LogP contribution in [-0.4, -0.2) is 11.7 Å². The molecule has 1 unspecified atom stereocenters. The summed E-state index contributed by atoms with van der Waals surface area (Å²) in [7, 11) is 0. The minimum absolute atomic E-state index is 0.368. The van der Waals surface area contributed by atoms with Crippen LogP contribution in [0, 0.1) is 0 Å². The Bertz CT molecular complexity index is 345. The van der Waals surface area contributed by atoms with Gasteiger partial charge >= 0.3 is 0 Å². The van der Waals surface area contributed by atoms with E-state index in [-0.39, 0.29) is 6.10 Å². The van der Waals surface area contributed by atoms with Crippen molar-refractivity contribution in [3.63, 3.8) is 0 Å². The molecular formula is C15H24O2. The molecule has 0 saturated carbocycles. The van der Waals surface area contributed by atoms with Gasteiger partial charge in [0.05, 0.1) is 12.7 Å². The van der Waals surface area contributed by atoms with Crippen molar-refractivity contribution in [3.8, 4) is 5.75 Å². The van der Waals surface area contributed by atoms with Gasteiger partial charge in [0.1, 0.15) is 5.75 Å². The highest BCUT2D eigenvalue weighted by Gasteiger charge is 2.12. The summed E-state index contributed by atoms with van der Waals surface area (Å²) < 4.78 is 5.73. The number of aliphatic hydroxyl groups is 1. The topological polar surface area (TPSA) is 29.5 Å². The van der Waals surface area contributed by atoms with Crippen LogP contribution < -0.4 is 4.74 Å². The molecular weight excluding hydrogens is 212 g/mol. The van der Waals surface area contributed by atoms with Gasteiger partial charge in [-0.15, -0.1) is 0 Å². The molecule has 0 aliphatic rings. The highest BCUT2D eigenvalue weighted by Crippen LogP contribution is 2.30. The van der Waals surface area contributed by atoms with E-state index in [0.717, 1.165) is 30.8 Å². The second-order valence-corrected chi connectivity index (χ2v) is 4.72. The van der Waals surface area contributed by atoms with E-state index in [2.05, 4.69) is 26.8 Å². The summed E-state index contributed by atoms with van der Waals surface area (Å²) in [6.45, 7) is 9.13. The lowest BCUT2D eigenvalue weighted by atomic mass is 9.97. The minimum atomic E-state index is -0.368. The van der Waals surface area contributed by atoms with Crippen LogP contribution in [0.5, 0.6) is 5.75 Å². The highest BCUT2D eigenvalue weighted by atomic mass is 16.5. The third kappa shape index (κ3) is 3.74. The standard InChI is InChI=1S/C15H24O2/c1-5-9-17-15-8-7-12(14(16)6-2)10-13(15)11(3)4/h7-8,10-11,14,16H,5-6,9H2,1-4H3. The SMILES string of the molecule is CCCOc1ccc(C(O)CC)cc1C(C)C. The van der Waals surface area contributed by atoms with E-state index in [9.17, 15) is 5.11 Å². The smallest absolute Gasteiger partial charge is 0.122 e. The molecule has 1 atom stereocenters. The first kappa shape index (κ1) is 14.0. The van der Waals surface area contributed by atoms with Gasteiger partial charge in [-0.05, 0) is 42.0 Å². The summed E-state index contributed by atoms with van der Waals surface area (Å²) in [5.41, 5.74) is 2.17. The van der Waals surface area contributed by atoms with Crippen LogP contribution in [0.4, 0.5) is 0 Å². The first-order valence-electron chi connectivity index (χ1n) is 6.54. The van der Waals surface area contributed by atoms with Crippen LogP contribution in [0.1, 0.15) is 63.7 Å². The molecule has 0 amide bonds. The zero-order chi connectivity index (χ0) is 12.8. The Kier molecular flexibility index (Phi) is 5.49. The molecule has 0 aliphatic carbocycles. The summed E-state index contributed by atoms with van der Waals surface area (Å²) in [4.78, 5) is 0. The molecule has 0 heterocycles. The largest absolute Gasteiger partial charge is 0.493 e. The molecule has 2 nitrogen and oxygen atoms in total. The number of ether oxygens (including phenoxy) is 1. The Morgan fingerprint density at radius 3 is 2.47 bits per heavy atom.